The maximum absolute atomic E-state index is 12.3. The van der Waals surface area contributed by atoms with Crippen molar-refractivity contribution in [2.24, 2.45) is 0 Å². The SMILES string of the molecule is CCn1nnc2cc(C(=O)Nc3cccc([N+](=O)[O-])c3)ccc21. The number of carbonyl (C=O) groups is 1. The molecule has 23 heavy (non-hydrogen) atoms. The molecule has 1 amide bonds. The molecule has 0 atom stereocenters. The van der Waals surface area contributed by atoms with Crippen molar-refractivity contribution in [3.63, 3.8) is 0 Å². The van der Waals surface area contributed by atoms with Crippen molar-refractivity contribution in [3.05, 3.63) is 58.1 Å². The van der Waals surface area contributed by atoms with Crippen molar-refractivity contribution in [1.82, 2.24) is 15.0 Å². The molecule has 3 aromatic rings. The zero-order valence-electron chi connectivity index (χ0n) is 12.3. The highest BCUT2D eigenvalue weighted by molar-refractivity contribution is 6.06. The fourth-order valence-electron chi connectivity index (χ4n) is 2.25. The average molecular weight is 311 g/mol. The number of nitrogens with one attached hydrogen (secondary N) is 1. The second kappa shape index (κ2) is 5.84. The molecular formula is C15H13N5O3. The molecule has 116 valence electrons. The molecule has 0 fully saturated rings. The third-order valence-electron chi connectivity index (χ3n) is 3.39. The molecule has 1 heterocycles. The Morgan fingerprint density at radius 1 is 1.30 bits per heavy atom. The van der Waals surface area contributed by atoms with Crippen molar-refractivity contribution < 1.29 is 9.72 Å². The number of nitro groups is 1. The van der Waals surface area contributed by atoms with Crippen molar-refractivity contribution in [1.29, 1.82) is 0 Å². The Kier molecular flexibility index (Phi) is 3.71. The third-order valence-corrected chi connectivity index (χ3v) is 3.39. The largest absolute Gasteiger partial charge is 0.322 e. The molecule has 0 saturated heterocycles. The molecule has 1 aromatic heterocycles. The Hall–Kier alpha value is -3.29. The highest BCUT2D eigenvalue weighted by atomic mass is 16.6. The molecule has 0 spiro atoms. The van der Waals surface area contributed by atoms with Gasteiger partial charge in [-0.3, -0.25) is 14.9 Å². The van der Waals surface area contributed by atoms with Gasteiger partial charge in [0.05, 0.1) is 10.4 Å². The van der Waals surface area contributed by atoms with Crippen LogP contribution in [-0.2, 0) is 6.54 Å². The second-order valence-electron chi connectivity index (χ2n) is 4.87. The second-order valence-corrected chi connectivity index (χ2v) is 4.87. The van der Waals surface area contributed by atoms with Gasteiger partial charge < -0.3 is 5.32 Å². The first-order valence-electron chi connectivity index (χ1n) is 6.97. The lowest BCUT2D eigenvalue weighted by molar-refractivity contribution is -0.384. The van der Waals surface area contributed by atoms with E-state index in [2.05, 4.69) is 15.6 Å². The summed E-state index contributed by atoms with van der Waals surface area (Å²) in [5, 5.41) is 21.4. The zero-order chi connectivity index (χ0) is 16.4. The highest BCUT2D eigenvalue weighted by Gasteiger charge is 2.12. The van der Waals surface area contributed by atoms with Gasteiger partial charge in [0.25, 0.3) is 11.6 Å². The normalized spacial score (nSPS) is 10.7. The fraction of sp³-hybridized carbons (Fsp3) is 0.133. The minimum atomic E-state index is -0.509. The monoisotopic (exact) mass is 311 g/mol. The van der Waals surface area contributed by atoms with Gasteiger partial charge in [-0.2, -0.15) is 0 Å². The van der Waals surface area contributed by atoms with Crippen LogP contribution in [0.25, 0.3) is 11.0 Å². The summed E-state index contributed by atoms with van der Waals surface area (Å²) in [6.07, 6.45) is 0. The van der Waals surface area contributed by atoms with Crippen molar-refractivity contribution in [2.45, 2.75) is 13.5 Å². The summed E-state index contributed by atoms with van der Waals surface area (Å²) < 4.78 is 1.73. The van der Waals surface area contributed by atoms with Crippen molar-refractivity contribution >= 4 is 28.3 Å². The van der Waals surface area contributed by atoms with Gasteiger partial charge >= 0.3 is 0 Å². The number of aromatic nitrogens is 3. The van der Waals surface area contributed by atoms with Gasteiger partial charge in [0.15, 0.2) is 0 Å². The summed E-state index contributed by atoms with van der Waals surface area (Å²) in [6.45, 7) is 2.65. The van der Waals surface area contributed by atoms with Crippen LogP contribution in [0.3, 0.4) is 0 Å². The van der Waals surface area contributed by atoms with Crippen LogP contribution in [0.1, 0.15) is 17.3 Å². The van der Waals surface area contributed by atoms with Crippen LogP contribution in [0.4, 0.5) is 11.4 Å². The Balaban J connectivity index is 1.85. The van der Waals surface area contributed by atoms with Crippen LogP contribution in [-0.4, -0.2) is 25.8 Å². The molecule has 8 nitrogen and oxygen atoms in total. The van der Waals surface area contributed by atoms with Gasteiger partial charge in [-0.15, -0.1) is 5.10 Å². The van der Waals surface area contributed by atoms with E-state index >= 15 is 0 Å². The van der Waals surface area contributed by atoms with Gasteiger partial charge in [0.1, 0.15) is 5.52 Å². The molecule has 2 aromatic carbocycles. The van der Waals surface area contributed by atoms with Crippen LogP contribution < -0.4 is 5.32 Å². The van der Waals surface area contributed by atoms with Gasteiger partial charge in [0.2, 0.25) is 0 Å². The van der Waals surface area contributed by atoms with Gasteiger partial charge in [-0.1, -0.05) is 11.3 Å². The minimum Gasteiger partial charge on any atom is -0.322 e. The summed E-state index contributed by atoms with van der Waals surface area (Å²) in [7, 11) is 0. The van der Waals surface area contributed by atoms with E-state index in [1.54, 1.807) is 28.9 Å². The number of rotatable bonds is 4. The number of anilines is 1. The highest BCUT2D eigenvalue weighted by Crippen LogP contribution is 2.19. The smallest absolute Gasteiger partial charge is 0.271 e. The molecule has 0 aliphatic heterocycles. The van der Waals surface area contributed by atoms with Crippen LogP contribution in [0.15, 0.2) is 42.5 Å². The Morgan fingerprint density at radius 2 is 2.13 bits per heavy atom. The third kappa shape index (κ3) is 2.86. The van der Waals surface area contributed by atoms with Crippen LogP contribution in [0.2, 0.25) is 0 Å². The molecule has 0 aliphatic carbocycles. The van der Waals surface area contributed by atoms with E-state index in [0.717, 1.165) is 5.52 Å². The predicted molar refractivity (Wildman–Crippen MR) is 84.3 cm³/mol. The molecule has 0 bridgehead atoms. The van der Waals surface area contributed by atoms with Crippen LogP contribution >= 0.6 is 0 Å². The van der Waals surface area contributed by atoms with E-state index < -0.39 is 4.92 Å². The van der Waals surface area contributed by atoms with E-state index in [-0.39, 0.29) is 11.6 Å². The van der Waals surface area contributed by atoms with E-state index in [4.69, 9.17) is 0 Å². The number of amides is 1. The van der Waals surface area contributed by atoms with E-state index in [0.29, 0.717) is 23.3 Å². The summed E-state index contributed by atoms with van der Waals surface area (Å²) >= 11 is 0. The van der Waals surface area contributed by atoms with E-state index in [1.165, 1.54) is 18.2 Å². The minimum absolute atomic E-state index is 0.0795. The Labute approximate surface area is 130 Å². The molecule has 0 unspecified atom stereocenters. The molecule has 0 aliphatic rings. The van der Waals surface area contributed by atoms with Crippen molar-refractivity contribution in [3.8, 4) is 0 Å². The molecule has 8 heteroatoms. The first-order valence-corrected chi connectivity index (χ1v) is 6.97. The lowest BCUT2D eigenvalue weighted by Crippen LogP contribution is -2.12. The first kappa shape index (κ1) is 14.6. The van der Waals surface area contributed by atoms with Gasteiger partial charge in [-0.25, -0.2) is 4.68 Å². The number of nitrogens with zero attached hydrogens (tertiary/aromatic N) is 4. The standard InChI is InChI=1S/C15H13N5O3/c1-2-19-14-7-6-10(8-13(14)17-18-19)15(21)16-11-4-3-5-12(9-11)20(22)23/h3-9H,2H2,1H3,(H,16,21). The molecule has 0 saturated carbocycles. The Morgan fingerprint density at radius 3 is 2.87 bits per heavy atom. The Bertz CT molecular complexity index is 903. The number of non-ortho nitro benzene ring substituents is 1. The number of carbonyl (C=O) groups excluding carboxylic acids is 1. The number of hydrogen-bond donors (Lipinski definition) is 1. The van der Waals surface area contributed by atoms with Crippen LogP contribution in [0.5, 0.6) is 0 Å². The van der Waals surface area contributed by atoms with Gasteiger partial charge in [-0.05, 0) is 31.2 Å². The van der Waals surface area contributed by atoms with Gasteiger partial charge in [0, 0.05) is 29.9 Å². The van der Waals surface area contributed by atoms with E-state index in [9.17, 15) is 14.9 Å². The zero-order valence-corrected chi connectivity index (χ0v) is 12.3. The van der Waals surface area contributed by atoms with Crippen LogP contribution in [0, 0.1) is 10.1 Å². The molecule has 0 radical (unpaired) electrons. The summed E-state index contributed by atoms with van der Waals surface area (Å²) in [5.74, 6) is -0.363. The lowest BCUT2D eigenvalue weighted by atomic mass is 10.1. The summed E-state index contributed by atoms with van der Waals surface area (Å²) in [4.78, 5) is 22.5. The molecule has 3 rings (SSSR count). The number of nitro benzene ring substituents is 1. The first-order chi connectivity index (χ1) is 11.1. The maximum Gasteiger partial charge on any atom is 0.271 e. The maximum atomic E-state index is 12.3. The van der Waals surface area contributed by atoms with Crippen molar-refractivity contribution in [2.75, 3.05) is 5.32 Å². The number of fused-ring (bicyclic) bond motifs is 1. The quantitative estimate of drug-likeness (QED) is 0.589. The fourth-order valence-corrected chi connectivity index (χ4v) is 2.25. The summed E-state index contributed by atoms with van der Waals surface area (Å²) in [6, 6.07) is 10.9. The topological polar surface area (TPSA) is 103 Å². The number of hydrogen-bond acceptors (Lipinski definition) is 5. The summed E-state index contributed by atoms with van der Waals surface area (Å²) in [5.41, 5.74) is 2.16. The lowest BCUT2D eigenvalue weighted by Gasteiger charge is -2.05. The number of aryl methyl sites for hydroxylation is 1. The predicted octanol–water partition coefficient (Wildman–Crippen LogP) is 2.61. The van der Waals surface area contributed by atoms with E-state index in [1.807, 2.05) is 6.92 Å². The molecular weight excluding hydrogens is 298 g/mol. The average Bonchev–Trinajstić information content (AvgIpc) is 2.97. The molecule has 1 N–H and O–H groups in total. The number of benzene rings is 2.